The molecular weight excluding hydrogens is 186 g/mol. The van der Waals surface area contributed by atoms with E-state index in [2.05, 4.69) is 29.2 Å². The fourth-order valence-corrected chi connectivity index (χ4v) is 2.03. The highest BCUT2D eigenvalue weighted by molar-refractivity contribution is 5.82. The number of hydrogen-bond donors (Lipinski definition) is 0. The second-order valence-electron chi connectivity index (χ2n) is 4.55. The van der Waals surface area contributed by atoms with Crippen LogP contribution in [0.15, 0.2) is 24.3 Å². The number of carbonyl (C=O) groups excluding carboxylic acids is 1. The molecule has 0 bridgehead atoms. The Balaban J connectivity index is 2.09. The van der Waals surface area contributed by atoms with Gasteiger partial charge < -0.3 is 4.90 Å². The van der Waals surface area contributed by atoms with Crippen LogP contribution in [0.2, 0.25) is 0 Å². The van der Waals surface area contributed by atoms with Crippen molar-refractivity contribution in [3.8, 4) is 0 Å². The van der Waals surface area contributed by atoms with Crippen molar-refractivity contribution in [1.29, 1.82) is 0 Å². The first-order valence-corrected chi connectivity index (χ1v) is 5.37. The van der Waals surface area contributed by atoms with E-state index in [1.165, 1.54) is 11.3 Å². The summed E-state index contributed by atoms with van der Waals surface area (Å²) in [5.41, 5.74) is 2.51. The lowest BCUT2D eigenvalue weighted by Gasteiger charge is -2.12. The quantitative estimate of drug-likeness (QED) is 0.752. The molecule has 0 radical (unpaired) electrons. The van der Waals surface area contributed by atoms with Crippen molar-refractivity contribution in [2.45, 2.75) is 19.3 Å². The Bertz CT molecular complexity index is 367. The van der Waals surface area contributed by atoms with Crippen molar-refractivity contribution < 1.29 is 4.79 Å². The third-order valence-corrected chi connectivity index (χ3v) is 3.15. The summed E-state index contributed by atoms with van der Waals surface area (Å²) in [6, 6.07) is 8.52. The number of carbonyl (C=O) groups is 1. The molecule has 1 fully saturated rings. The van der Waals surface area contributed by atoms with Crippen LogP contribution in [0.4, 0.5) is 5.69 Å². The van der Waals surface area contributed by atoms with E-state index in [1.54, 1.807) is 6.92 Å². The lowest BCUT2D eigenvalue weighted by molar-refractivity contribution is -0.118. The molecular formula is C13H17NO. The second-order valence-corrected chi connectivity index (χ2v) is 4.55. The molecule has 0 unspecified atom stereocenters. The van der Waals surface area contributed by atoms with E-state index in [0.29, 0.717) is 11.7 Å². The summed E-state index contributed by atoms with van der Waals surface area (Å²) in [4.78, 5) is 13.2. The Labute approximate surface area is 90.9 Å². The molecule has 15 heavy (non-hydrogen) atoms. The minimum absolute atomic E-state index is 0.287. The minimum Gasteiger partial charge on any atom is -0.378 e. The molecule has 1 aliphatic carbocycles. The van der Waals surface area contributed by atoms with E-state index in [1.807, 2.05) is 14.1 Å². The summed E-state index contributed by atoms with van der Waals surface area (Å²) in [7, 11) is 4.06. The van der Waals surface area contributed by atoms with Gasteiger partial charge in [0.15, 0.2) is 0 Å². The summed E-state index contributed by atoms with van der Waals surface area (Å²) < 4.78 is 0. The molecule has 1 aliphatic rings. The second kappa shape index (κ2) is 3.69. The van der Waals surface area contributed by atoms with Crippen LogP contribution in [0.5, 0.6) is 0 Å². The third kappa shape index (κ3) is 2.04. The van der Waals surface area contributed by atoms with Crippen molar-refractivity contribution in [3.05, 3.63) is 29.8 Å². The molecule has 2 atom stereocenters. The van der Waals surface area contributed by atoms with E-state index in [0.717, 1.165) is 6.42 Å². The summed E-state index contributed by atoms with van der Waals surface area (Å²) in [6.45, 7) is 1.69. The van der Waals surface area contributed by atoms with Gasteiger partial charge in [-0.25, -0.2) is 0 Å². The maximum Gasteiger partial charge on any atom is 0.133 e. The first-order chi connectivity index (χ1) is 7.09. The van der Waals surface area contributed by atoms with Gasteiger partial charge in [-0.05, 0) is 37.0 Å². The lowest BCUT2D eigenvalue weighted by atomic mass is 10.1. The van der Waals surface area contributed by atoms with Crippen LogP contribution in [0.1, 0.15) is 24.8 Å². The predicted octanol–water partition coefficient (Wildman–Crippen LogP) is 2.45. The van der Waals surface area contributed by atoms with Gasteiger partial charge in [-0.2, -0.15) is 0 Å². The van der Waals surface area contributed by atoms with Crippen molar-refractivity contribution in [1.82, 2.24) is 0 Å². The Hall–Kier alpha value is -1.31. The van der Waals surface area contributed by atoms with Crippen molar-refractivity contribution >= 4 is 11.5 Å². The van der Waals surface area contributed by atoms with Gasteiger partial charge in [-0.1, -0.05) is 12.1 Å². The highest BCUT2D eigenvalue weighted by Gasteiger charge is 2.41. The molecule has 80 valence electrons. The number of rotatable bonds is 3. The maximum absolute atomic E-state index is 11.2. The van der Waals surface area contributed by atoms with Gasteiger partial charge in [0.2, 0.25) is 0 Å². The van der Waals surface area contributed by atoms with Gasteiger partial charge >= 0.3 is 0 Å². The number of nitrogens with zero attached hydrogens (tertiary/aromatic N) is 1. The Morgan fingerprint density at radius 3 is 2.27 bits per heavy atom. The van der Waals surface area contributed by atoms with E-state index in [9.17, 15) is 4.79 Å². The number of ketones is 1. The average Bonchev–Trinajstić information content (AvgIpc) is 2.97. The summed E-state index contributed by atoms with van der Waals surface area (Å²) in [5.74, 6) is 1.10. The smallest absolute Gasteiger partial charge is 0.133 e. The Morgan fingerprint density at radius 2 is 1.87 bits per heavy atom. The zero-order chi connectivity index (χ0) is 11.0. The summed E-state index contributed by atoms with van der Waals surface area (Å²) in [5, 5.41) is 0. The third-order valence-electron chi connectivity index (χ3n) is 3.15. The average molecular weight is 203 g/mol. The molecule has 1 aromatic rings. The summed E-state index contributed by atoms with van der Waals surface area (Å²) >= 11 is 0. The highest BCUT2D eigenvalue weighted by atomic mass is 16.1. The number of anilines is 1. The molecule has 1 saturated carbocycles. The molecule has 0 aromatic heterocycles. The van der Waals surface area contributed by atoms with Gasteiger partial charge in [0, 0.05) is 25.7 Å². The van der Waals surface area contributed by atoms with E-state index >= 15 is 0 Å². The molecule has 2 heteroatoms. The summed E-state index contributed by atoms with van der Waals surface area (Å²) in [6.07, 6.45) is 1.04. The van der Waals surface area contributed by atoms with Crippen LogP contribution in [0, 0.1) is 5.92 Å². The van der Waals surface area contributed by atoms with Gasteiger partial charge in [-0.3, -0.25) is 4.79 Å². The Morgan fingerprint density at radius 1 is 1.27 bits per heavy atom. The number of Topliss-reactive ketones (excluding diaryl/α,β-unsaturated/α-hetero) is 1. The van der Waals surface area contributed by atoms with Crippen molar-refractivity contribution in [2.75, 3.05) is 19.0 Å². The van der Waals surface area contributed by atoms with Crippen molar-refractivity contribution in [2.24, 2.45) is 5.92 Å². The van der Waals surface area contributed by atoms with E-state index in [-0.39, 0.29) is 5.92 Å². The molecule has 0 saturated heterocycles. The van der Waals surface area contributed by atoms with Crippen LogP contribution in [0.3, 0.4) is 0 Å². The molecule has 2 rings (SSSR count). The van der Waals surface area contributed by atoms with Crippen LogP contribution in [-0.4, -0.2) is 19.9 Å². The van der Waals surface area contributed by atoms with Gasteiger partial charge in [0.05, 0.1) is 0 Å². The standard InChI is InChI=1S/C13H17NO/c1-9(15)12-8-13(12)10-4-6-11(7-5-10)14(2)3/h4-7,12-13H,8H2,1-3H3/t12-,13+/m1/s1. The van der Waals surface area contributed by atoms with Crippen LogP contribution < -0.4 is 4.90 Å². The lowest BCUT2D eigenvalue weighted by Crippen LogP contribution is -2.08. The van der Waals surface area contributed by atoms with Gasteiger partial charge in [0.25, 0.3) is 0 Å². The predicted molar refractivity (Wildman–Crippen MR) is 62.3 cm³/mol. The van der Waals surface area contributed by atoms with Crippen LogP contribution in [0.25, 0.3) is 0 Å². The molecule has 0 aliphatic heterocycles. The normalized spacial score (nSPS) is 23.7. The molecule has 2 nitrogen and oxygen atoms in total. The van der Waals surface area contributed by atoms with Gasteiger partial charge in [0.1, 0.15) is 5.78 Å². The molecule has 1 aromatic carbocycles. The van der Waals surface area contributed by atoms with Crippen molar-refractivity contribution in [3.63, 3.8) is 0 Å². The SMILES string of the molecule is CC(=O)[C@H]1C[C@H]1c1ccc(N(C)C)cc1. The van der Waals surface area contributed by atoms with Crippen LogP contribution in [-0.2, 0) is 4.79 Å². The Kier molecular flexibility index (Phi) is 2.51. The zero-order valence-corrected chi connectivity index (χ0v) is 9.53. The highest BCUT2D eigenvalue weighted by Crippen LogP contribution is 2.48. The fraction of sp³-hybridized carbons (Fsp3) is 0.462. The van der Waals surface area contributed by atoms with Crippen LogP contribution >= 0.6 is 0 Å². The van der Waals surface area contributed by atoms with E-state index < -0.39 is 0 Å². The number of benzene rings is 1. The number of hydrogen-bond acceptors (Lipinski definition) is 2. The largest absolute Gasteiger partial charge is 0.378 e. The molecule has 0 N–H and O–H groups in total. The topological polar surface area (TPSA) is 20.3 Å². The first-order valence-electron chi connectivity index (χ1n) is 5.37. The molecule has 0 spiro atoms. The first kappa shape index (κ1) is 10.2. The van der Waals surface area contributed by atoms with E-state index in [4.69, 9.17) is 0 Å². The molecule has 0 heterocycles. The van der Waals surface area contributed by atoms with Gasteiger partial charge in [-0.15, -0.1) is 0 Å². The zero-order valence-electron chi connectivity index (χ0n) is 9.53. The fourth-order valence-electron chi connectivity index (χ4n) is 2.03. The molecule has 0 amide bonds. The monoisotopic (exact) mass is 203 g/mol. The maximum atomic E-state index is 11.2. The minimum atomic E-state index is 0.287.